The van der Waals surface area contributed by atoms with Crippen molar-refractivity contribution in [1.29, 1.82) is 5.26 Å². The Kier molecular flexibility index (Phi) is 3.23. The molecule has 7 nitrogen and oxygen atoms in total. The molecule has 0 radical (unpaired) electrons. The fourth-order valence-corrected chi connectivity index (χ4v) is 4.50. The summed E-state index contributed by atoms with van der Waals surface area (Å²) in [7, 11) is 1.86. The molecule has 25 heavy (non-hydrogen) atoms. The monoisotopic (exact) mass is 337 g/mol. The van der Waals surface area contributed by atoms with E-state index in [1.54, 1.807) is 11.6 Å². The maximum Gasteiger partial charge on any atom is 0.266 e. The SMILES string of the molecule is Cc1nnc(-c2c3c(nn2C)[C@@]2(C)C=C(C#N)C(=O)[C@@H](C)[C@@H]2CC3)o1. The van der Waals surface area contributed by atoms with Gasteiger partial charge in [-0.15, -0.1) is 10.2 Å². The van der Waals surface area contributed by atoms with Crippen LogP contribution in [0.1, 0.15) is 37.4 Å². The molecule has 0 N–H and O–H groups in total. The number of ketones is 1. The van der Waals surface area contributed by atoms with Crippen LogP contribution in [0.3, 0.4) is 0 Å². The number of hydrogen-bond acceptors (Lipinski definition) is 6. The number of hydrogen-bond donors (Lipinski definition) is 0. The van der Waals surface area contributed by atoms with Gasteiger partial charge in [-0.1, -0.05) is 19.9 Å². The van der Waals surface area contributed by atoms with E-state index in [2.05, 4.69) is 23.2 Å². The van der Waals surface area contributed by atoms with Gasteiger partial charge in [-0.2, -0.15) is 10.4 Å². The van der Waals surface area contributed by atoms with Gasteiger partial charge < -0.3 is 4.42 Å². The second-order valence-electron chi connectivity index (χ2n) is 7.18. The van der Waals surface area contributed by atoms with Crippen molar-refractivity contribution in [3.63, 3.8) is 0 Å². The Labute approximate surface area is 145 Å². The summed E-state index contributed by atoms with van der Waals surface area (Å²) in [5.41, 5.74) is 2.59. The lowest BCUT2D eigenvalue weighted by molar-refractivity contribution is -0.121. The molecule has 0 spiro atoms. The van der Waals surface area contributed by atoms with Gasteiger partial charge in [-0.25, -0.2) is 0 Å². The number of rotatable bonds is 1. The maximum absolute atomic E-state index is 12.4. The summed E-state index contributed by atoms with van der Waals surface area (Å²) in [5.74, 6) is 0.858. The molecule has 2 aromatic heterocycles. The van der Waals surface area contributed by atoms with Crippen LogP contribution in [0.2, 0.25) is 0 Å². The van der Waals surface area contributed by atoms with Gasteiger partial charge in [0.15, 0.2) is 5.78 Å². The molecule has 2 heterocycles. The zero-order valence-electron chi connectivity index (χ0n) is 14.7. The van der Waals surface area contributed by atoms with E-state index in [0.717, 1.165) is 29.8 Å². The highest BCUT2D eigenvalue weighted by molar-refractivity contribution is 6.02. The Morgan fingerprint density at radius 1 is 1.44 bits per heavy atom. The van der Waals surface area contributed by atoms with Gasteiger partial charge in [0.1, 0.15) is 11.8 Å². The van der Waals surface area contributed by atoms with E-state index in [1.807, 2.05) is 20.0 Å². The van der Waals surface area contributed by atoms with Crippen LogP contribution in [0.4, 0.5) is 0 Å². The first-order valence-electron chi connectivity index (χ1n) is 8.40. The lowest BCUT2D eigenvalue weighted by Gasteiger charge is -2.44. The van der Waals surface area contributed by atoms with Crippen LogP contribution in [-0.2, 0) is 23.7 Å². The fourth-order valence-electron chi connectivity index (χ4n) is 4.50. The highest BCUT2D eigenvalue weighted by Gasteiger charge is 2.50. The Morgan fingerprint density at radius 3 is 2.84 bits per heavy atom. The first kappa shape index (κ1) is 15.8. The summed E-state index contributed by atoms with van der Waals surface area (Å²) in [6.45, 7) is 5.75. The molecular formula is C18H19N5O2. The Hall–Kier alpha value is -2.75. The zero-order chi connectivity index (χ0) is 17.9. The Morgan fingerprint density at radius 2 is 2.20 bits per heavy atom. The van der Waals surface area contributed by atoms with E-state index >= 15 is 0 Å². The van der Waals surface area contributed by atoms with Crippen molar-refractivity contribution in [1.82, 2.24) is 20.0 Å². The van der Waals surface area contributed by atoms with Crippen molar-refractivity contribution >= 4 is 5.78 Å². The molecule has 0 amide bonds. The molecule has 4 rings (SSSR count). The molecule has 0 bridgehead atoms. The largest absolute Gasteiger partial charge is 0.420 e. The van der Waals surface area contributed by atoms with Crippen LogP contribution in [0.15, 0.2) is 16.1 Å². The van der Waals surface area contributed by atoms with Gasteiger partial charge in [-0.3, -0.25) is 9.48 Å². The van der Waals surface area contributed by atoms with E-state index in [0.29, 0.717) is 11.8 Å². The molecule has 3 atom stereocenters. The molecule has 0 aromatic carbocycles. The molecule has 0 fully saturated rings. The maximum atomic E-state index is 12.4. The highest BCUT2D eigenvalue weighted by atomic mass is 16.4. The molecule has 0 saturated heterocycles. The van der Waals surface area contributed by atoms with Gasteiger partial charge >= 0.3 is 0 Å². The molecule has 2 aromatic rings. The topological polar surface area (TPSA) is 97.6 Å². The van der Waals surface area contributed by atoms with E-state index in [9.17, 15) is 10.1 Å². The minimum Gasteiger partial charge on any atom is -0.420 e. The lowest BCUT2D eigenvalue weighted by atomic mass is 9.58. The second kappa shape index (κ2) is 5.12. The zero-order valence-corrected chi connectivity index (χ0v) is 14.7. The molecule has 7 heteroatoms. The predicted molar refractivity (Wildman–Crippen MR) is 88.3 cm³/mol. The fraction of sp³-hybridized carbons (Fsp3) is 0.500. The molecule has 128 valence electrons. The smallest absolute Gasteiger partial charge is 0.266 e. The van der Waals surface area contributed by atoms with Crippen LogP contribution in [-0.4, -0.2) is 25.8 Å². The van der Waals surface area contributed by atoms with Crippen molar-refractivity contribution in [3.05, 3.63) is 28.8 Å². The number of aromatic nitrogens is 4. The van der Waals surface area contributed by atoms with Gasteiger partial charge in [0.2, 0.25) is 5.89 Å². The van der Waals surface area contributed by atoms with Crippen molar-refractivity contribution in [2.75, 3.05) is 0 Å². The van der Waals surface area contributed by atoms with Crippen LogP contribution in [0.5, 0.6) is 0 Å². The van der Waals surface area contributed by atoms with E-state index in [-0.39, 0.29) is 23.2 Å². The van der Waals surface area contributed by atoms with Gasteiger partial charge in [0.25, 0.3) is 5.89 Å². The van der Waals surface area contributed by atoms with Crippen molar-refractivity contribution < 1.29 is 9.21 Å². The Bertz CT molecular complexity index is 961. The number of carbonyl (C=O) groups excluding carboxylic acids is 1. The first-order chi connectivity index (χ1) is 11.9. The third kappa shape index (κ3) is 2.03. The van der Waals surface area contributed by atoms with Crippen LogP contribution >= 0.6 is 0 Å². The minimum atomic E-state index is -0.447. The standard InChI is InChI=1S/C18H19N5O2/c1-9-13-6-5-12-14(17-21-20-10(2)25-17)23(4)22-16(12)18(13,3)7-11(8-19)15(9)24/h7,9,13H,5-6H2,1-4H3/t9-,13-,18-/m0/s1. The molecule has 0 saturated carbocycles. The van der Waals surface area contributed by atoms with Gasteiger partial charge in [0.05, 0.1) is 11.3 Å². The van der Waals surface area contributed by atoms with Crippen LogP contribution in [0.25, 0.3) is 11.6 Å². The third-order valence-electron chi connectivity index (χ3n) is 5.71. The molecule has 0 unspecified atom stereocenters. The predicted octanol–water partition coefficient (Wildman–Crippen LogP) is 2.27. The molecule has 2 aliphatic rings. The molecule has 2 aliphatic carbocycles. The van der Waals surface area contributed by atoms with Gasteiger partial charge in [0, 0.05) is 30.9 Å². The van der Waals surface area contributed by atoms with Crippen LogP contribution < -0.4 is 0 Å². The minimum absolute atomic E-state index is 0.0582. The number of carbonyl (C=O) groups is 1. The van der Waals surface area contributed by atoms with E-state index < -0.39 is 5.41 Å². The summed E-state index contributed by atoms with van der Waals surface area (Å²) in [4.78, 5) is 12.4. The van der Waals surface area contributed by atoms with Gasteiger partial charge in [-0.05, 0) is 18.8 Å². The first-order valence-corrected chi connectivity index (χ1v) is 8.40. The number of fused-ring (bicyclic) bond motifs is 3. The third-order valence-corrected chi connectivity index (χ3v) is 5.71. The average Bonchev–Trinajstić information content (AvgIpc) is 3.14. The van der Waals surface area contributed by atoms with Crippen molar-refractivity contribution in [2.24, 2.45) is 18.9 Å². The highest BCUT2D eigenvalue weighted by Crippen LogP contribution is 2.50. The van der Waals surface area contributed by atoms with Crippen molar-refractivity contribution in [2.45, 2.75) is 39.0 Å². The summed E-state index contributed by atoms with van der Waals surface area (Å²) in [6, 6.07) is 2.07. The summed E-state index contributed by atoms with van der Waals surface area (Å²) in [6.07, 6.45) is 3.47. The van der Waals surface area contributed by atoms with E-state index in [4.69, 9.17) is 9.52 Å². The molecular weight excluding hydrogens is 318 g/mol. The van der Waals surface area contributed by atoms with E-state index in [1.165, 1.54) is 0 Å². The number of allylic oxidation sites excluding steroid dienone is 2. The number of Topliss-reactive ketones (excluding diaryl/α,β-unsaturated/α-hetero) is 1. The summed E-state index contributed by atoms with van der Waals surface area (Å²) < 4.78 is 7.39. The summed E-state index contributed by atoms with van der Waals surface area (Å²) >= 11 is 0. The quantitative estimate of drug-likeness (QED) is 0.792. The lowest BCUT2D eigenvalue weighted by Crippen LogP contribution is -2.45. The van der Waals surface area contributed by atoms with Crippen molar-refractivity contribution in [3.8, 4) is 17.7 Å². The average molecular weight is 337 g/mol. The number of aryl methyl sites for hydroxylation is 2. The van der Waals surface area contributed by atoms with Crippen LogP contribution in [0, 0.1) is 30.1 Å². The normalized spacial score (nSPS) is 28.1. The summed E-state index contributed by atoms with van der Waals surface area (Å²) in [5, 5.41) is 22.2. The number of nitrogens with zero attached hydrogens (tertiary/aromatic N) is 5. The Balaban J connectivity index is 1.94. The molecule has 0 aliphatic heterocycles. The number of nitriles is 1. The second-order valence-corrected chi connectivity index (χ2v) is 7.18.